The van der Waals surface area contributed by atoms with Gasteiger partial charge in [0.1, 0.15) is 5.76 Å². The van der Waals surface area contributed by atoms with Gasteiger partial charge in [-0.2, -0.15) is 0 Å². The molecule has 0 bridgehead atoms. The second kappa shape index (κ2) is 6.54. The number of hydrogen-bond acceptors (Lipinski definition) is 4. The molecule has 1 N–H and O–H groups in total. The summed E-state index contributed by atoms with van der Waals surface area (Å²) in [6, 6.07) is 12.3. The Morgan fingerprint density at radius 2 is 1.84 bits per heavy atom. The van der Waals surface area contributed by atoms with Gasteiger partial charge in [-0.05, 0) is 37.2 Å². The highest BCUT2D eigenvalue weighted by atomic mass is 32.2. The molecule has 1 aromatic carbocycles. The summed E-state index contributed by atoms with van der Waals surface area (Å²) in [6.45, 7) is 1.27. The number of benzene rings is 1. The Bertz CT molecular complexity index is 576. The third kappa shape index (κ3) is 4.22. The Morgan fingerprint density at radius 1 is 1.05 bits per heavy atom. The maximum absolute atomic E-state index is 12.0. The molecule has 0 spiro atoms. The molecule has 2 aromatic rings. The van der Waals surface area contributed by atoms with E-state index in [0.29, 0.717) is 24.4 Å². The van der Waals surface area contributed by atoms with Crippen molar-refractivity contribution in [3.8, 4) is 0 Å². The standard InChI is InChI=1S/C14H17NO3S/c16-19(17,14-7-2-1-3-8-14)11-5-9-15-12-13-6-4-10-18-13/h1-4,6-8,10,15H,5,9,11-12H2. The van der Waals surface area contributed by atoms with E-state index in [2.05, 4.69) is 5.32 Å². The van der Waals surface area contributed by atoms with Crippen LogP contribution in [0.3, 0.4) is 0 Å². The quantitative estimate of drug-likeness (QED) is 0.790. The Morgan fingerprint density at radius 3 is 2.53 bits per heavy atom. The van der Waals surface area contributed by atoms with Crippen molar-refractivity contribution in [3.63, 3.8) is 0 Å². The van der Waals surface area contributed by atoms with E-state index in [9.17, 15) is 8.42 Å². The highest BCUT2D eigenvalue weighted by Gasteiger charge is 2.12. The fraction of sp³-hybridized carbons (Fsp3) is 0.286. The summed E-state index contributed by atoms with van der Waals surface area (Å²) in [7, 11) is -3.16. The minimum Gasteiger partial charge on any atom is -0.468 e. The second-order valence-corrected chi connectivity index (χ2v) is 6.35. The molecule has 0 unspecified atom stereocenters. The number of rotatable bonds is 7. The van der Waals surface area contributed by atoms with Gasteiger partial charge in [-0.3, -0.25) is 0 Å². The van der Waals surface area contributed by atoms with Gasteiger partial charge in [0.05, 0.1) is 23.5 Å². The number of sulfone groups is 1. The van der Waals surface area contributed by atoms with Gasteiger partial charge in [-0.15, -0.1) is 0 Å². The van der Waals surface area contributed by atoms with Crippen LogP contribution >= 0.6 is 0 Å². The van der Waals surface area contributed by atoms with E-state index in [1.165, 1.54) is 0 Å². The summed E-state index contributed by atoms with van der Waals surface area (Å²) in [6.07, 6.45) is 2.20. The Labute approximate surface area is 113 Å². The minimum absolute atomic E-state index is 0.155. The third-order valence-electron chi connectivity index (χ3n) is 2.75. The van der Waals surface area contributed by atoms with Gasteiger partial charge in [0.25, 0.3) is 0 Å². The van der Waals surface area contributed by atoms with Crippen molar-refractivity contribution in [3.05, 3.63) is 54.5 Å². The first-order chi connectivity index (χ1) is 9.18. The van der Waals surface area contributed by atoms with Gasteiger partial charge in [0.15, 0.2) is 9.84 Å². The highest BCUT2D eigenvalue weighted by Crippen LogP contribution is 2.10. The van der Waals surface area contributed by atoms with Crippen LogP contribution in [0.4, 0.5) is 0 Å². The average Bonchev–Trinajstić information content (AvgIpc) is 2.92. The van der Waals surface area contributed by atoms with Crippen LogP contribution in [0.15, 0.2) is 58.0 Å². The molecule has 0 saturated carbocycles. The van der Waals surface area contributed by atoms with Crippen molar-refractivity contribution in [1.82, 2.24) is 5.32 Å². The van der Waals surface area contributed by atoms with Crippen molar-refractivity contribution in [2.75, 3.05) is 12.3 Å². The summed E-state index contributed by atoms with van der Waals surface area (Å²) >= 11 is 0. The van der Waals surface area contributed by atoms with Crippen LogP contribution in [0, 0.1) is 0 Å². The van der Waals surface area contributed by atoms with Crippen LogP contribution in [0.2, 0.25) is 0 Å². The average molecular weight is 279 g/mol. The Balaban J connectivity index is 1.73. The van der Waals surface area contributed by atoms with Crippen LogP contribution < -0.4 is 5.32 Å². The topological polar surface area (TPSA) is 59.3 Å². The molecular formula is C14H17NO3S. The van der Waals surface area contributed by atoms with Gasteiger partial charge in [0, 0.05) is 0 Å². The zero-order chi connectivity index (χ0) is 13.6. The monoisotopic (exact) mass is 279 g/mol. The van der Waals surface area contributed by atoms with Gasteiger partial charge in [-0.25, -0.2) is 8.42 Å². The molecular weight excluding hydrogens is 262 g/mol. The highest BCUT2D eigenvalue weighted by molar-refractivity contribution is 7.91. The van der Waals surface area contributed by atoms with E-state index in [4.69, 9.17) is 4.42 Å². The van der Waals surface area contributed by atoms with Crippen molar-refractivity contribution >= 4 is 9.84 Å². The summed E-state index contributed by atoms with van der Waals surface area (Å²) in [5, 5.41) is 3.15. The van der Waals surface area contributed by atoms with Crippen LogP contribution in [0.1, 0.15) is 12.2 Å². The molecule has 0 aliphatic heterocycles. The molecule has 19 heavy (non-hydrogen) atoms. The lowest BCUT2D eigenvalue weighted by Crippen LogP contribution is -2.18. The molecule has 0 saturated heterocycles. The second-order valence-electron chi connectivity index (χ2n) is 4.24. The molecule has 5 heteroatoms. The van der Waals surface area contributed by atoms with E-state index in [1.807, 2.05) is 18.2 Å². The first-order valence-electron chi connectivity index (χ1n) is 6.19. The molecule has 0 aliphatic rings. The van der Waals surface area contributed by atoms with Crippen LogP contribution in [0.25, 0.3) is 0 Å². The third-order valence-corrected chi connectivity index (χ3v) is 4.56. The zero-order valence-electron chi connectivity index (χ0n) is 10.6. The first-order valence-corrected chi connectivity index (χ1v) is 7.84. The normalized spacial score (nSPS) is 11.6. The van der Waals surface area contributed by atoms with Crippen molar-refractivity contribution in [2.45, 2.75) is 17.9 Å². The van der Waals surface area contributed by atoms with E-state index in [0.717, 1.165) is 5.76 Å². The van der Waals surface area contributed by atoms with Gasteiger partial charge < -0.3 is 9.73 Å². The zero-order valence-corrected chi connectivity index (χ0v) is 11.4. The summed E-state index contributed by atoms with van der Waals surface area (Å²) in [5.41, 5.74) is 0. The maximum atomic E-state index is 12.0. The lowest BCUT2D eigenvalue weighted by molar-refractivity contribution is 0.483. The van der Waals surface area contributed by atoms with E-state index in [-0.39, 0.29) is 5.75 Å². The lowest BCUT2D eigenvalue weighted by Gasteiger charge is -2.05. The van der Waals surface area contributed by atoms with Gasteiger partial charge in [0.2, 0.25) is 0 Å². The van der Waals surface area contributed by atoms with Crippen LogP contribution in [-0.2, 0) is 16.4 Å². The molecule has 0 aliphatic carbocycles. The van der Waals surface area contributed by atoms with E-state index >= 15 is 0 Å². The number of nitrogens with one attached hydrogen (secondary N) is 1. The lowest BCUT2D eigenvalue weighted by atomic mass is 10.4. The molecule has 1 aromatic heterocycles. The van der Waals surface area contributed by atoms with Crippen molar-refractivity contribution in [1.29, 1.82) is 0 Å². The Kier molecular flexibility index (Phi) is 4.76. The Hall–Kier alpha value is -1.59. The SMILES string of the molecule is O=S(=O)(CCCNCc1ccco1)c1ccccc1. The fourth-order valence-electron chi connectivity index (χ4n) is 1.76. The maximum Gasteiger partial charge on any atom is 0.178 e. The molecule has 0 amide bonds. The summed E-state index contributed by atoms with van der Waals surface area (Å²) < 4.78 is 29.1. The fourth-order valence-corrected chi connectivity index (χ4v) is 3.09. The van der Waals surface area contributed by atoms with Crippen molar-refractivity contribution in [2.24, 2.45) is 0 Å². The van der Waals surface area contributed by atoms with Gasteiger partial charge in [-0.1, -0.05) is 18.2 Å². The molecule has 4 nitrogen and oxygen atoms in total. The minimum atomic E-state index is -3.16. The molecule has 1 heterocycles. The van der Waals surface area contributed by atoms with Crippen LogP contribution in [0.5, 0.6) is 0 Å². The first kappa shape index (κ1) is 13.8. The number of furan rings is 1. The largest absolute Gasteiger partial charge is 0.468 e. The van der Waals surface area contributed by atoms with E-state index in [1.54, 1.807) is 30.5 Å². The van der Waals surface area contributed by atoms with E-state index < -0.39 is 9.84 Å². The van der Waals surface area contributed by atoms with Crippen molar-refractivity contribution < 1.29 is 12.8 Å². The predicted molar refractivity (Wildman–Crippen MR) is 73.5 cm³/mol. The molecule has 0 atom stereocenters. The number of hydrogen-bond donors (Lipinski definition) is 1. The molecule has 0 fully saturated rings. The van der Waals surface area contributed by atoms with Crippen LogP contribution in [-0.4, -0.2) is 20.7 Å². The molecule has 0 radical (unpaired) electrons. The van der Waals surface area contributed by atoms with Gasteiger partial charge >= 0.3 is 0 Å². The predicted octanol–water partition coefficient (Wildman–Crippen LogP) is 2.23. The smallest absolute Gasteiger partial charge is 0.178 e. The molecule has 102 valence electrons. The molecule has 2 rings (SSSR count). The summed E-state index contributed by atoms with van der Waals surface area (Å²) in [4.78, 5) is 0.390. The summed E-state index contributed by atoms with van der Waals surface area (Å²) in [5.74, 6) is 1.01.